The molecule has 1 saturated heterocycles. The van der Waals surface area contributed by atoms with Crippen LogP contribution in [0, 0.1) is 5.92 Å². The van der Waals surface area contributed by atoms with Crippen LogP contribution >= 0.6 is 12.4 Å². The lowest BCUT2D eigenvalue weighted by molar-refractivity contribution is 0.0885. The number of aryl methyl sites for hydroxylation is 1. The zero-order valence-corrected chi connectivity index (χ0v) is 15.9. The van der Waals surface area contributed by atoms with Gasteiger partial charge in [-0.3, -0.25) is 4.90 Å². The highest BCUT2D eigenvalue weighted by molar-refractivity contribution is 5.85. The number of likely N-dealkylation sites (N-methyl/N-ethyl adjacent to an activating group) is 1. The van der Waals surface area contributed by atoms with Crippen LogP contribution in [-0.4, -0.2) is 62.7 Å². The van der Waals surface area contributed by atoms with Crippen LogP contribution in [0.15, 0.2) is 0 Å². The monoisotopic (exact) mass is 344 g/mol. The Morgan fingerprint density at radius 3 is 2.30 bits per heavy atom. The van der Waals surface area contributed by atoms with E-state index in [9.17, 15) is 0 Å². The first-order valence-corrected chi connectivity index (χ1v) is 8.88. The Morgan fingerprint density at radius 1 is 1.04 bits per heavy atom. The van der Waals surface area contributed by atoms with E-state index in [-0.39, 0.29) is 12.4 Å². The van der Waals surface area contributed by atoms with Gasteiger partial charge in [-0.05, 0) is 35.7 Å². The largest absolute Gasteiger partial charge is 0.301 e. The van der Waals surface area contributed by atoms with Gasteiger partial charge in [-0.25, -0.2) is 4.68 Å². The van der Waals surface area contributed by atoms with Crippen molar-refractivity contribution >= 4 is 12.4 Å². The predicted molar refractivity (Wildman–Crippen MR) is 95.9 cm³/mol. The number of hydrogen-bond donors (Lipinski definition) is 0. The number of halogens is 1. The van der Waals surface area contributed by atoms with Gasteiger partial charge in [-0.15, -0.1) is 17.5 Å². The molecular formula is C16H33ClN6. The molecule has 2 rings (SSSR count). The maximum atomic E-state index is 4.37. The van der Waals surface area contributed by atoms with Crippen molar-refractivity contribution in [2.45, 2.75) is 59.5 Å². The second kappa shape index (κ2) is 10.2. The fraction of sp³-hybridized carbons (Fsp3) is 0.938. The summed E-state index contributed by atoms with van der Waals surface area (Å²) in [6, 6.07) is 0.367. The van der Waals surface area contributed by atoms with Crippen molar-refractivity contribution in [2.24, 2.45) is 5.92 Å². The number of aromatic nitrogens is 4. The second-order valence-electron chi connectivity index (χ2n) is 6.72. The standard InChI is InChI=1S/C16H32N6.ClH/c1-5-7-15(21-12-10-20(6-2)11-13-21)16-17-18-19-22(16)9-8-14(3)4;/h14-15H,5-13H2,1-4H3;1H. The van der Waals surface area contributed by atoms with Crippen molar-refractivity contribution < 1.29 is 0 Å². The van der Waals surface area contributed by atoms with Gasteiger partial charge < -0.3 is 4.90 Å². The molecule has 23 heavy (non-hydrogen) atoms. The van der Waals surface area contributed by atoms with Gasteiger partial charge in [0.05, 0.1) is 6.04 Å². The Labute approximate surface area is 147 Å². The molecule has 1 aliphatic rings. The van der Waals surface area contributed by atoms with Gasteiger partial charge in [0.25, 0.3) is 0 Å². The van der Waals surface area contributed by atoms with Crippen LogP contribution in [0.25, 0.3) is 0 Å². The third kappa shape index (κ3) is 5.69. The molecule has 0 bridgehead atoms. The quantitative estimate of drug-likeness (QED) is 0.725. The third-order valence-corrected chi connectivity index (χ3v) is 4.63. The summed E-state index contributed by atoms with van der Waals surface area (Å²) in [6.07, 6.45) is 3.42. The summed E-state index contributed by atoms with van der Waals surface area (Å²) in [4.78, 5) is 5.09. The molecule has 7 heteroatoms. The van der Waals surface area contributed by atoms with E-state index < -0.39 is 0 Å². The zero-order valence-electron chi connectivity index (χ0n) is 15.1. The van der Waals surface area contributed by atoms with Crippen molar-refractivity contribution in [1.29, 1.82) is 0 Å². The molecule has 1 aliphatic heterocycles. The van der Waals surface area contributed by atoms with Crippen molar-refractivity contribution in [3.63, 3.8) is 0 Å². The predicted octanol–water partition coefficient (Wildman–Crippen LogP) is 2.62. The molecular weight excluding hydrogens is 312 g/mol. The molecule has 0 spiro atoms. The maximum Gasteiger partial charge on any atom is 0.168 e. The number of nitrogens with zero attached hydrogens (tertiary/aromatic N) is 6. The maximum absolute atomic E-state index is 4.37. The highest BCUT2D eigenvalue weighted by Gasteiger charge is 2.28. The Bertz CT molecular complexity index is 428. The van der Waals surface area contributed by atoms with Gasteiger partial charge in [0, 0.05) is 32.7 Å². The first-order chi connectivity index (χ1) is 10.7. The number of rotatable bonds is 8. The zero-order chi connectivity index (χ0) is 15.9. The van der Waals surface area contributed by atoms with Gasteiger partial charge in [0.2, 0.25) is 0 Å². The van der Waals surface area contributed by atoms with Crippen LogP contribution < -0.4 is 0 Å². The van der Waals surface area contributed by atoms with E-state index in [1.165, 1.54) is 0 Å². The van der Waals surface area contributed by atoms with Crippen LogP contribution in [0.2, 0.25) is 0 Å². The number of hydrogen-bond acceptors (Lipinski definition) is 5. The Morgan fingerprint density at radius 2 is 1.74 bits per heavy atom. The van der Waals surface area contributed by atoms with Gasteiger partial charge in [0.15, 0.2) is 5.82 Å². The highest BCUT2D eigenvalue weighted by Crippen LogP contribution is 2.25. The Kier molecular flexibility index (Phi) is 9.02. The molecule has 0 aromatic carbocycles. The van der Waals surface area contributed by atoms with Crippen molar-refractivity contribution in [3.8, 4) is 0 Å². The smallest absolute Gasteiger partial charge is 0.168 e. The van der Waals surface area contributed by atoms with Gasteiger partial charge in [0.1, 0.15) is 0 Å². The van der Waals surface area contributed by atoms with Crippen LogP contribution in [0.4, 0.5) is 0 Å². The molecule has 6 nitrogen and oxygen atoms in total. The normalized spacial score (nSPS) is 18.1. The van der Waals surface area contributed by atoms with Gasteiger partial charge in [-0.2, -0.15) is 0 Å². The second-order valence-corrected chi connectivity index (χ2v) is 6.72. The molecule has 0 saturated carbocycles. The summed E-state index contributed by atoms with van der Waals surface area (Å²) >= 11 is 0. The fourth-order valence-electron chi connectivity index (χ4n) is 3.13. The van der Waals surface area contributed by atoms with E-state index in [0.29, 0.717) is 12.0 Å². The summed E-state index contributed by atoms with van der Waals surface area (Å²) in [5.41, 5.74) is 0. The summed E-state index contributed by atoms with van der Waals surface area (Å²) in [5.74, 6) is 1.74. The van der Waals surface area contributed by atoms with Gasteiger partial charge >= 0.3 is 0 Å². The third-order valence-electron chi connectivity index (χ3n) is 4.63. The lowest BCUT2D eigenvalue weighted by Gasteiger charge is -2.38. The summed E-state index contributed by atoms with van der Waals surface area (Å²) < 4.78 is 2.03. The first kappa shape index (κ1) is 20.3. The molecule has 0 radical (unpaired) electrons. The molecule has 1 atom stereocenters. The van der Waals surface area contributed by atoms with E-state index in [2.05, 4.69) is 53.0 Å². The molecule has 2 heterocycles. The van der Waals surface area contributed by atoms with Crippen molar-refractivity contribution in [1.82, 2.24) is 30.0 Å². The molecule has 1 aromatic rings. The van der Waals surface area contributed by atoms with Crippen molar-refractivity contribution in [3.05, 3.63) is 5.82 Å². The van der Waals surface area contributed by atoms with Crippen LogP contribution in [-0.2, 0) is 6.54 Å². The Balaban J connectivity index is 0.00000264. The topological polar surface area (TPSA) is 50.1 Å². The van der Waals surface area contributed by atoms with E-state index in [1.807, 2.05) is 4.68 Å². The average molecular weight is 345 g/mol. The van der Waals surface area contributed by atoms with Crippen molar-refractivity contribution in [2.75, 3.05) is 32.7 Å². The van der Waals surface area contributed by atoms with E-state index in [4.69, 9.17) is 0 Å². The molecule has 1 fully saturated rings. The summed E-state index contributed by atoms with van der Waals surface area (Å²) in [5, 5.41) is 12.6. The van der Waals surface area contributed by atoms with E-state index in [0.717, 1.165) is 64.4 Å². The number of piperazine rings is 1. The van der Waals surface area contributed by atoms with Crippen LogP contribution in [0.5, 0.6) is 0 Å². The lowest BCUT2D eigenvalue weighted by atomic mass is 10.1. The SMILES string of the molecule is CCCC(c1nnnn1CCC(C)C)N1CCN(CC)CC1.Cl. The lowest BCUT2D eigenvalue weighted by Crippen LogP contribution is -2.47. The van der Waals surface area contributed by atoms with E-state index in [1.54, 1.807) is 0 Å². The molecule has 134 valence electrons. The highest BCUT2D eigenvalue weighted by atomic mass is 35.5. The molecule has 0 N–H and O–H groups in total. The first-order valence-electron chi connectivity index (χ1n) is 8.88. The molecule has 1 aromatic heterocycles. The van der Waals surface area contributed by atoms with E-state index >= 15 is 0 Å². The van der Waals surface area contributed by atoms with Gasteiger partial charge in [-0.1, -0.05) is 34.1 Å². The van der Waals surface area contributed by atoms with Crippen LogP contribution in [0.3, 0.4) is 0 Å². The molecule has 0 amide bonds. The minimum atomic E-state index is 0. The summed E-state index contributed by atoms with van der Waals surface area (Å²) in [7, 11) is 0. The average Bonchev–Trinajstić information content (AvgIpc) is 2.99. The number of tetrazole rings is 1. The molecule has 0 aliphatic carbocycles. The Hall–Kier alpha value is -0.720. The van der Waals surface area contributed by atoms with Crippen LogP contribution in [0.1, 0.15) is 58.8 Å². The molecule has 1 unspecified atom stereocenters. The fourth-order valence-corrected chi connectivity index (χ4v) is 3.13. The minimum absolute atomic E-state index is 0. The summed E-state index contributed by atoms with van der Waals surface area (Å²) in [6.45, 7) is 15.6. The minimum Gasteiger partial charge on any atom is -0.301 e.